The summed E-state index contributed by atoms with van der Waals surface area (Å²) in [6.45, 7) is 1.50. The Bertz CT molecular complexity index is 1140. The Hall–Kier alpha value is -2.69. The van der Waals surface area contributed by atoms with Gasteiger partial charge in [0.25, 0.3) is 0 Å². The summed E-state index contributed by atoms with van der Waals surface area (Å²) < 4.78 is 40.0. The molecule has 154 valence electrons. The average molecular weight is 417 g/mol. The predicted molar refractivity (Wildman–Crippen MR) is 109 cm³/mol. The van der Waals surface area contributed by atoms with Crippen LogP contribution in [-0.2, 0) is 21.8 Å². The quantitative estimate of drug-likeness (QED) is 0.625. The first-order valence-corrected chi connectivity index (χ1v) is 10.6. The fraction of sp³-hybridized carbons (Fsp3) is 0.368. The third-order valence-corrected chi connectivity index (χ3v) is 6.96. The number of hydrogen-bond acceptors (Lipinski definition) is 7. The molecular formula is C19H23N5O4S. The summed E-state index contributed by atoms with van der Waals surface area (Å²) in [4.78, 5) is 10.8. The Balaban J connectivity index is 1.69. The molecule has 3 heterocycles. The molecule has 10 heteroatoms. The van der Waals surface area contributed by atoms with Gasteiger partial charge in [-0.1, -0.05) is 0 Å². The maximum Gasteiger partial charge on any atom is 0.243 e. The number of sulfonamides is 1. The standard InChI is InChI=1S/C19H23N5O4S/c1-22-13-21-15-12-20-19(11-17(15)22)23(2)16-5-4-14(10-18(16)27-3)29(25,26)24-6-8-28-9-7-24/h4-5,10-13H,6-9H2,1-3H3. The second-order valence-electron chi connectivity index (χ2n) is 6.80. The second kappa shape index (κ2) is 7.62. The van der Waals surface area contributed by atoms with Crippen molar-refractivity contribution in [3.8, 4) is 5.75 Å². The minimum absolute atomic E-state index is 0.198. The van der Waals surface area contributed by atoms with Gasteiger partial charge < -0.3 is 18.9 Å². The third-order valence-electron chi connectivity index (χ3n) is 5.06. The largest absolute Gasteiger partial charge is 0.495 e. The highest BCUT2D eigenvalue weighted by Gasteiger charge is 2.27. The van der Waals surface area contributed by atoms with Crippen molar-refractivity contribution in [2.75, 3.05) is 45.4 Å². The van der Waals surface area contributed by atoms with E-state index in [2.05, 4.69) is 9.97 Å². The van der Waals surface area contributed by atoms with Crippen LogP contribution < -0.4 is 9.64 Å². The van der Waals surface area contributed by atoms with E-state index in [0.717, 1.165) is 11.0 Å². The number of hydrogen-bond donors (Lipinski definition) is 0. The fourth-order valence-electron chi connectivity index (χ4n) is 3.36. The van der Waals surface area contributed by atoms with Crippen molar-refractivity contribution in [2.45, 2.75) is 4.90 Å². The molecule has 29 heavy (non-hydrogen) atoms. The van der Waals surface area contributed by atoms with Crippen molar-refractivity contribution < 1.29 is 17.9 Å². The van der Waals surface area contributed by atoms with E-state index in [-0.39, 0.29) is 4.90 Å². The molecule has 0 spiro atoms. The molecule has 0 aliphatic carbocycles. The first-order chi connectivity index (χ1) is 13.9. The summed E-state index contributed by atoms with van der Waals surface area (Å²) >= 11 is 0. The van der Waals surface area contributed by atoms with Gasteiger partial charge in [-0.15, -0.1) is 0 Å². The maximum absolute atomic E-state index is 12.9. The zero-order valence-corrected chi connectivity index (χ0v) is 17.4. The molecule has 0 unspecified atom stereocenters. The number of aromatic nitrogens is 3. The predicted octanol–water partition coefficient (Wildman–Crippen LogP) is 1.77. The number of aryl methyl sites for hydroxylation is 1. The molecule has 1 saturated heterocycles. The van der Waals surface area contributed by atoms with Crippen LogP contribution in [0.4, 0.5) is 11.5 Å². The lowest BCUT2D eigenvalue weighted by Gasteiger charge is -2.27. The summed E-state index contributed by atoms with van der Waals surface area (Å²) in [7, 11) is 1.70. The van der Waals surface area contributed by atoms with Crippen LogP contribution in [0.3, 0.4) is 0 Å². The van der Waals surface area contributed by atoms with E-state index in [0.29, 0.717) is 43.6 Å². The fourth-order valence-corrected chi connectivity index (χ4v) is 4.78. The molecule has 2 aromatic heterocycles. The number of ether oxygens (including phenoxy) is 2. The first-order valence-electron chi connectivity index (χ1n) is 9.18. The molecular weight excluding hydrogens is 394 g/mol. The van der Waals surface area contributed by atoms with Gasteiger partial charge in [-0.2, -0.15) is 4.31 Å². The summed E-state index contributed by atoms with van der Waals surface area (Å²) in [5.74, 6) is 1.15. The van der Waals surface area contributed by atoms with Gasteiger partial charge in [0.2, 0.25) is 10.0 Å². The van der Waals surface area contributed by atoms with Gasteiger partial charge in [0, 0.05) is 39.3 Å². The molecule has 1 aliphatic rings. The van der Waals surface area contributed by atoms with Gasteiger partial charge in [-0.25, -0.2) is 18.4 Å². The van der Waals surface area contributed by atoms with Gasteiger partial charge in [0.1, 0.15) is 17.1 Å². The monoisotopic (exact) mass is 417 g/mol. The Morgan fingerprint density at radius 2 is 1.93 bits per heavy atom. The SMILES string of the molecule is COc1cc(S(=O)(=O)N2CCOCC2)ccc1N(C)c1cc2c(cn1)ncn2C. The summed E-state index contributed by atoms with van der Waals surface area (Å²) in [5, 5.41) is 0. The highest BCUT2D eigenvalue weighted by atomic mass is 32.2. The number of morpholine rings is 1. The Morgan fingerprint density at radius 3 is 2.66 bits per heavy atom. The molecule has 9 nitrogen and oxygen atoms in total. The number of methoxy groups -OCH3 is 1. The number of benzene rings is 1. The summed E-state index contributed by atoms with van der Waals surface area (Å²) in [6.07, 6.45) is 3.45. The number of fused-ring (bicyclic) bond motifs is 1. The van der Waals surface area contributed by atoms with E-state index >= 15 is 0 Å². The van der Waals surface area contributed by atoms with Gasteiger partial charge >= 0.3 is 0 Å². The third kappa shape index (κ3) is 3.54. The van der Waals surface area contributed by atoms with Crippen LogP contribution in [0.15, 0.2) is 41.7 Å². The van der Waals surface area contributed by atoms with Crippen molar-refractivity contribution in [1.29, 1.82) is 0 Å². The van der Waals surface area contributed by atoms with E-state index in [1.54, 1.807) is 30.7 Å². The van der Waals surface area contributed by atoms with E-state index in [1.165, 1.54) is 11.4 Å². The van der Waals surface area contributed by atoms with E-state index in [1.807, 2.05) is 29.6 Å². The smallest absolute Gasteiger partial charge is 0.243 e. The van der Waals surface area contributed by atoms with Crippen molar-refractivity contribution >= 4 is 32.6 Å². The van der Waals surface area contributed by atoms with Crippen molar-refractivity contribution in [1.82, 2.24) is 18.8 Å². The molecule has 4 rings (SSSR count). The second-order valence-corrected chi connectivity index (χ2v) is 8.73. The number of imidazole rings is 1. The molecule has 0 saturated carbocycles. The van der Waals surface area contributed by atoms with Crippen LogP contribution in [0.25, 0.3) is 11.0 Å². The normalized spacial score (nSPS) is 15.6. The lowest BCUT2D eigenvalue weighted by Crippen LogP contribution is -2.40. The summed E-state index contributed by atoms with van der Waals surface area (Å²) in [5.41, 5.74) is 2.47. The molecule has 0 radical (unpaired) electrons. The first kappa shape index (κ1) is 19.6. The van der Waals surface area contributed by atoms with Crippen molar-refractivity contribution in [3.05, 3.63) is 36.8 Å². The van der Waals surface area contributed by atoms with Crippen LogP contribution in [0.2, 0.25) is 0 Å². The van der Waals surface area contributed by atoms with Crippen molar-refractivity contribution in [2.24, 2.45) is 7.05 Å². The van der Waals surface area contributed by atoms with Crippen LogP contribution in [0.5, 0.6) is 5.75 Å². The lowest BCUT2D eigenvalue weighted by molar-refractivity contribution is 0.0730. The molecule has 3 aromatic rings. The highest BCUT2D eigenvalue weighted by Crippen LogP contribution is 2.35. The van der Waals surface area contributed by atoms with E-state index in [4.69, 9.17) is 9.47 Å². The zero-order valence-electron chi connectivity index (χ0n) is 16.6. The molecule has 0 atom stereocenters. The number of anilines is 2. The highest BCUT2D eigenvalue weighted by molar-refractivity contribution is 7.89. The van der Waals surface area contributed by atoms with E-state index < -0.39 is 10.0 Å². The van der Waals surface area contributed by atoms with E-state index in [9.17, 15) is 8.42 Å². The Kier molecular flexibility index (Phi) is 5.15. The van der Waals surface area contributed by atoms with Gasteiger partial charge in [-0.05, 0) is 12.1 Å². The lowest BCUT2D eigenvalue weighted by atomic mass is 10.2. The maximum atomic E-state index is 12.9. The Morgan fingerprint density at radius 1 is 1.17 bits per heavy atom. The van der Waals surface area contributed by atoms with Crippen LogP contribution in [0.1, 0.15) is 0 Å². The minimum atomic E-state index is -3.60. The van der Waals surface area contributed by atoms with Crippen LogP contribution in [0, 0.1) is 0 Å². The minimum Gasteiger partial charge on any atom is -0.495 e. The molecule has 1 fully saturated rings. The number of nitrogens with zero attached hydrogens (tertiary/aromatic N) is 5. The molecule has 0 bridgehead atoms. The summed E-state index contributed by atoms with van der Waals surface area (Å²) in [6, 6.07) is 6.82. The zero-order chi connectivity index (χ0) is 20.6. The van der Waals surface area contributed by atoms with Gasteiger partial charge in [-0.3, -0.25) is 0 Å². The number of rotatable bonds is 5. The molecule has 0 N–H and O–H groups in total. The van der Waals surface area contributed by atoms with Crippen molar-refractivity contribution in [3.63, 3.8) is 0 Å². The molecule has 0 amide bonds. The van der Waals surface area contributed by atoms with Crippen LogP contribution in [-0.4, -0.2) is 67.7 Å². The van der Waals surface area contributed by atoms with Gasteiger partial charge in [0.15, 0.2) is 0 Å². The molecule has 1 aliphatic heterocycles. The molecule has 1 aromatic carbocycles. The average Bonchev–Trinajstić information content (AvgIpc) is 3.13. The van der Waals surface area contributed by atoms with Gasteiger partial charge in [0.05, 0.1) is 48.9 Å². The topological polar surface area (TPSA) is 89.8 Å². The number of pyridine rings is 1. The Labute approximate surface area is 169 Å². The van der Waals surface area contributed by atoms with Crippen LogP contribution >= 0.6 is 0 Å².